The second-order valence-corrected chi connectivity index (χ2v) is 7.76. The number of amides is 1. The molecule has 1 fully saturated rings. The zero-order chi connectivity index (χ0) is 19.5. The van der Waals surface area contributed by atoms with Crippen LogP contribution in [0.1, 0.15) is 18.4 Å². The Morgan fingerprint density at radius 3 is 2.93 bits per heavy atom. The molecule has 4 rings (SSSR count). The Morgan fingerprint density at radius 2 is 2.21 bits per heavy atom. The zero-order valence-electron chi connectivity index (χ0n) is 15.6. The van der Waals surface area contributed by atoms with E-state index in [0.717, 1.165) is 29.7 Å². The fourth-order valence-electron chi connectivity index (χ4n) is 3.34. The first-order valence-corrected chi connectivity index (χ1v) is 10.1. The number of benzene rings is 2. The van der Waals surface area contributed by atoms with Crippen LogP contribution in [-0.4, -0.2) is 37.3 Å². The summed E-state index contributed by atoms with van der Waals surface area (Å²) in [6.45, 7) is 1.17. The van der Waals surface area contributed by atoms with Crippen LogP contribution < -0.4 is 9.64 Å². The summed E-state index contributed by atoms with van der Waals surface area (Å²) in [5, 5.41) is 0.649. The topological polar surface area (TPSA) is 51.7 Å². The van der Waals surface area contributed by atoms with Gasteiger partial charge in [-0.05, 0) is 42.7 Å². The van der Waals surface area contributed by atoms with Gasteiger partial charge in [-0.3, -0.25) is 9.69 Å². The summed E-state index contributed by atoms with van der Waals surface area (Å²) >= 11 is 1.48. The molecule has 2 aromatic carbocycles. The van der Waals surface area contributed by atoms with Gasteiger partial charge in [0.15, 0.2) is 16.7 Å². The zero-order valence-corrected chi connectivity index (χ0v) is 16.4. The second kappa shape index (κ2) is 8.24. The molecular weight excluding hydrogens is 379 g/mol. The number of thiazole rings is 1. The molecule has 0 bridgehead atoms. The van der Waals surface area contributed by atoms with Crippen molar-refractivity contribution in [1.82, 2.24) is 4.98 Å². The van der Waals surface area contributed by atoms with Crippen LogP contribution in [-0.2, 0) is 16.0 Å². The Balaban J connectivity index is 1.60. The third kappa shape index (κ3) is 4.00. The molecule has 1 aliphatic rings. The molecular formula is C21H21FN2O3S. The van der Waals surface area contributed by atoms with Crippen LogP contribution in [0.15, 0.2) is 42.5 Å². The van der Waals surface area contributed by atoms with Gasteiger partial charge in [0, 0.05) is 6.61 Å². The maximum atomic E-state index is 14.0. The minimum absolute atomic E-state index is 0.00330. The first-order valence-electron chi connectivity index (χ1n) is 9.24. The van der Waals surface area contributed by atoms with Crippen molar-refractivity contribution in [3.8, 4) is 5.75 Å². The summed E-state index contributed by atoms with van der Waals surface area (Å²) in [5.74, 6) is -0.434. The second-order valence-electron chi connectivity index (χ2n) is 6.75. The number of carbonyl (C=O) groups excluding carboxylic acids is 1. The smallest absolute Gasteiger partial charge is 0.233 e. The molecule has 3 aromatic rings. The number of methoxy groups -OCH3 is 1. The number of hydrogen-bond acceptors (Lipinski definition) is 5. The summed E-state index contributed by atoms with van der Waals surface area (Å²) < 4.78 is 25.7. The van der Waals surface area contributed by atoms with Crippen LogP contribution in [0, 0.1) is 5.82 Å². The van der Waals surface area contributed by atoms with Crippen molar-refractivity contribution < 1.29 is 18.7 Å². The van der Waals surface area contributed by atoms with Gasteiger partial charge in [-0.2, -0.15) is 0 Å². The summed E-state index contributed by atoms with van der Waals surface area (Å²) in [5.41, 5.74) is 1.46. The van der Waals surface area contributed by atoms with Gasteiger partial charge in [-0.25, -0.2) is 9.37 Å². The quantitative estimate of drug-likeness (QED) is 0.622. The standard InChI is InChI=1S/C21H21FN2O3S/c1-26-18-9-8-14(11-16(18)22)12-20(25)24(13-15-5-4-10-27-15)21-23-17-6-2-3-7-19(17)28-21/h2-3,6-9,11,15H,4-5,10,12-13H2,1H3. The van der Waals surface area contributed by atoms with E-state index in [9.17, 15) is 9.18 Å². The van der Waals surface area contributed by atoms with Gasteiger partial charge < -0.3 is 9.47 Å². The van der Waals surface area contributed by atoms with Crippen LogP contribution in [0.4, 0.5) is 9.52 Å². The molecule has 1 atom stereocenters. The third-order valence-electron chi connectivity index (χ3n) is 4.80. The highest BCUT2D eigenvalue weighted by molar-refractivity contribution is 7.22. The number of aromatic nitrogens is 1. The summed E-state index contributed by atoms with van der Waals surface area (Å²) in [7, 11) is 1.42. The molecule has 0 aliphatic carbocycles. The molecule has 0 radical (unpaired) electrons. The summed E-state index contributed by atoms with van der Waals surface area (Å²) in [6, 6.07) is 12.4. The van der Waals surface area contributed by atoms with E-state index in [2.05, 4.69) is 4.98 Å². The van der Waals surface area contributed by atoms with Crippen LogP contribution in [0.5, 0.6) is 5.75 Å². The lowest BCUT2D eigenvalue weighted by molar-refractivity contribution is -0.118. The van der Waals surface area contributed by atoms with E-state index in [0.29, 0.717) is 17.2 Å². The van der Waals surface area contributed by atoms with Crippen molar-refractivity contribution in [2.45, 2.75) is 25.4 Å². The van der Waals surface area contributed by atoms with E-state index < -0.39 is 5.82 Å². The Morgan fingerprint density at radius 1 is 1.36 bits per heavy atom. The monoisotopic (exact) mass is 400 g/mol. The molecule has 0 saturated carbocycles. The summed E-state index contributed by atoms with van der Waals surface area (Å²) in [4.78, 5) is 19.4. The van der Waals surface area contributed by atoms with Crippen molar-refractivity contribution in [1.29, 1.82) is 0 Å². The molecule has 0 spiro atoms. The number of anilines is 1. The number of rotatable bonds is 6. The number of halogens is 1. The molecule has 1 aromatic heterocycles. The normalized spacial score (nSPS) is 16.4. The van der Waals surface area contributed by atoms with Crippen molar-refractivity contribution in [3.63, 3.8) is 0 Å². The highest BCUT2D eigenvalue weighted by atomic mass is 32.1. The Bertz CT molecular complexity index is 952. The van der Waals surface area contributed by atoms with Crippen LogP contribution >= 0.6 is 11.3 Å². The molecule has 7 heteroatoms. The van der Waals surface area contributed by atoms with Gasteiger partial charge in [0.05, 0.1) is 36.4 Å². The minimum Gasteiger partial charge on any atom is -0.494 e. The predicted molar refractivity (Wildman–Crippen MR) is 108 cm³/mol. The molecule has 0 N–H and O–H groups in total. The number of hydrogen-bond donors (Lipinski definition) is 0. The van der Waals surface area contributed by atoms with Gasteiger partial charge in [-0.15, -0.1) is 0 Å². The molecule has 1 unspecified atom stereocenters. The van der Waals surface area contributed by atoms with E-state index in [1.54, 1.807) is 17.0 Å². The highest BCUT2D eigenvalue weighted by Gasteiger charge is 2.26. The van der Waals surface area contributed by atoms with Gasteiger partial charge in [0.25, 0.3) is 0 Å². The van der Waals surface area contributed by atoms with Gasteiger partial charge in [0.2, 0.25) is 5.91 Å². The lowest BCUT2D eigenvalue weighted by Crippen LogP contribution is -2.38. The fourth-order valence-corrected chi connectivity index (χ4v) is 4.34. The van der Waals surface area contributed by atoms with E-state index in [1.165, 1.54) is 24.5 Å². The largest absolute Gasteiger partial charge is 0.494 e. The van der Waals surface area contributed by atoms with E-state index in [-0.39, 0.29) is 24.2 Å². The Hall–Kier alpha value is -2.51. The number of ether oxygens (including phenoxy) is 2. The highest BCUT2D eigenvalue weighted by Crippen LogP contribution is 2.30. The van der Waals surface area contributed by atoms with Gasteiger partial charge >= 0.3 is 0 Å². The number of fused-ring (bicyclic) bond motifs is 1. The van der Waals surface area contributed by atoms with Crippen molar-refractivity contribution in [2.75, 3.05) is 25.2 Å². The maximum Gasteiger partial charge on any atom is 0.233 e. The molecule has 5 nitrogen and oxygen atoms in total. The lowest BCUT2D eigenvalue weighted by Gasteiger charge is -2.23. The van der Waals surface area contributed by atoms with Crippen molar-refractivity contribution in [3.05, 3.63) is 53.8 Å². The van der Waals surface area contributed by atoms with Gasteiger partial charge in [-0.1, -0.05) is 29.5 Å². The van der Waals surface area contributed by atoms with E-state index in [1.807, 2.05) is 24.3 Å². The molecule has 1 saturated heterocycles. The molecule has 1 aliphatic heterocycles. The molecule has 146 valence electrons. The first kappa shape index (κ1) is 18.8. The number of nitrogens with zero attached hydrogens (tertiary/aromatic N) is 2. The molecule has 2 heterocycles. The average Bonchev–Trinajstić information content (AvgIpc) is 3.35. The Labute approximate surface area is 166 Å². The third-order valence-corrected chi connectivity index (χ3v) is 5.86. The van der Waals surface area contributed by atoms with Crippen LogP contribution in [0.3, 0.4) is 0 Å². The van der Waals surface area contributed by atoms with Gasteiger partial charge in [0.1, 0.15) is 0 Å². The first-order chi connectivity index (χ1) is 13.6. The molecule has 28 heavy (non-hydrogen) atoms. The fraction of sp³-hybridized carbons (Fsp3) is 0.333. The average molecular weight is 400 g/mol. The Kier molecular flexibility index (Phi) is 5.54. The molecule has 1 amide bonds. The minimum atomic E-state index is -0.474. The SMILES string of the molecule is COc1ccc(CC(=O)N(CC2CCCO2)c2nc3ccccc3s2)cc1F. The number of carbonyl (C=O) groups is 1. The summed E-state index contributed by atoms with van der Waals surface area (Å²) in [6.07, 6.45) is 2.01. The lowest BCUT2D eigenvalue weighted by atomic mass is 10.1. The predicted octanol–water partition coefficient (Wildman–Crippen LogP) is 4.20. The number of para-hydroxylation sites is 1. The van der Waals surface area contributed by atoms with Crippen molar-refractivity contribution >= 4 is 32.6 Å². The van der Waals surface area contributed by atoms with E-state index >= 15 is 0 Å². The maximum absolute atomic E-state index is 14.0. The van der Waals surface area contributed by atoms with E-state index in [4.69, 9.17) is 9.47 Å². The van der Waals surface area contributed by atoms with Crippen molar-refractivity contribution in [2.24, 2.45) is 0 Å². The van der Waals surface area contributed by atoms with Crippen LogP contribution in [0.25, 0.3) is 10.2 Å². The van der Waals surface area contributed by atoms with Crippen LogP contribution in [0.2, 0.25) is 0 Å².